The third kappa shape index (κ3) is 17.7. The minimum Gasteiger partial charge on any atom is -0.472 e. The lowest BCUT2D eigenvalue weighted by Gasteiger charge is -1.96. The average molecular weight is 296 g/mol. The second-order valence-corrected chi connectivity index (χ2v) is 4.72. The van der Waals surface area contributed by atoms with Crippen molar-refractivity contribution in [1.82, 2.24) is 0 Å². The normalized spacial score (nSPS) is 8.05. The van der Waals surface area contributed by atoms with E-state index >= 15 is 0 Å². The monoisotopic (exact) mass is 296 g/mol. The SMILES string of the molecule is CCCCCCCCC#CCC#CCC#CCC#CC(=O)O. The highest BCUT2D eigenvalue weighted by molar-refractivity contribution is 5.86. The largest absolute Gasteiger partial charge is 0.472 e. The van der Waals surface area contributed by atoms with Crippen LogP contribution in [0.2, 0.25) is 0 Å². The minimum atomic E-state index is -1.12. The molecule has 0 bridgehead atoms. The highest BCUT2D eigenvalue weighted by atomic mass is 16.4. The van der Waals surface area contributed by atoms with E-state index in [-0.39, 0.29) is 6.42 Å². The Kier molecular flexibility index (Phi) is 15.0. The molecular formula is C20H24O2. The van der Waals surface area contributed by atoms with Crippen LogP contribution < -0.4 is 0 Å². The molecule has 1 N–H and O–H groups in total. The molecule has 0 saturated heterocycles. The van der Waals surface area contributed by atoms with Crippen LogP contribution in [0.15, 0.2) is 0 Å². The topological polar surface area (TPSA) is 37.3 Å². The van der Waals surface area contributed by atoms with Gasteiger partial charge in [-0.15, -0.1) is 5.92 Å². The van der Waals surface area contributed by atoms with E-state index in [9.17, 15) is 4.79 Å². The predicted molar refractivity (Wildman–Crippen MR) is 90.6 cm³/mol. The number of hydrogen-bond donors (Lipinski definition) is 1. The molecule has 0 aliphatic carbocycles. The van der Waals surface area contributed by atoms with Crippen molar-refractivity contribution in [2.75, 3.05) is 0 Å². The van der Waals surface area contributed by atoms with Crippen molar-refractivity contribution in [2.24, 2.45) is 0 Å². The van der Waals surface area contributed by atoms with Gasteiger partial charge in [-0.25, -0.2) is 4.79 Å². The van der Waals surface area contributed by atoms with Crippen molar-refractivity contribution in [2.45, 2.75) is 71.1 Å². The zero-order chi connectivity index (χ0) is 16.3. The van der Waals surface area contributed by atoms with E-state index in [1.54, 1.807) is 0 Å². The number of hydrogen-bond acceptors (Lipinski definition) is 1. The Hall–Kier alpha value is -2.29. The van der Waals surface area contributed by atoms with Gasteiger partial charge in [0.1, 0.15) is 0 Å². The number of carbonyl (C=O) groups is 1. The first-order chi connectivity index (χ1) is 10.8. The quantitative estimate of drug-likeness (QED) is 0.594. The Balaban J connectivity index is 3.54. The first-order valence-corrected chi connectivity index (χ1v) is 7.86. The standard InChI is InChI=1S/C20H24O2/c1-2-3-4-5-6-7-8-9-10-11-12-13-14-15-16-17-18-19-20(21)22/h2-8,11,14,17H2,1H3,(H,21,22). The van der Waals surface area contributed by atoms with E-state index in [1.165, 1.54) is 38.5 Å². The molecule has 0 amide bonds. The molecule has 22 heavy (non-hydrogen) atoms. The van der Waals surface area contributed by atoms with Gasteiger partial charge in [0.25, 0.3) is 0 Å². The molecule has 2 nitrogen and oxygen atoms in total. The predicted octanol–water partition coefficient (Wildman–Crippen LogP) is 4.01. The van der Waals surface area contributed by atoms with E-state index in [2.05, 4.69) is 48.4 Å². The van der Waals surface area contributed by atoms with Crippen LogP contribution in [0, 0.1) is 47.4 Å². The highest BCUT2D eigenvalue weighted by Gasteiger charge is 1.87. The van der Waals surface area contributed by atoms with Gasteiger partial charge in [0.05, 0.1) is 19.3 Å². The number of unbranched alkanes of at least 4 members (excludes halogenated alkanes) is 6. The smallest absolute Gasteiger partial charge is 0.381 e. The molecule has 0 spiro atoms. The van der Waals surface area contributed by atoms with Gasteiger partial charge in [-0.3, -0.25) is 0 Å². The lowest BCUT2D eigenvalue weighted by Crippen LogP contribution is -1.85. The molecule has 0 unspecified atom stereocenters. The van der Waals surface area contributed by atoms with Crippen molar-refractivity contribution in [1.29, 1.82) is 0 Å². The number of rotatable bonds is 6. The van der Waals surface area contributed by atoms with Crippen LogP contribution in [0.3, 0.4) is 0 Å². The summed E-state index contributed by atoms with van der Waals surface area (Å²) in [5.74, 6) is 21.0. The molecule has 116 valence electrons. The first kappa shape index (κ1) is 19.7. The lowest BCUT2D eigenvalue weighted by atomic mass is 10.1. The van der Waals surface area contributed by atoms with Crippen molar-refractivity contribution in [3.05, 3.63) is 0 Å². The van der Waals surface area contributed by atoms with E-state index in [1.807, 2.05) is 5.92 Å². The Morgan fingerprint density at radius 3 is 1.82 bits per heavy atom. The summed E-state index contributed by atoms with van der Waals surface area (Å²) < 4.78 is 0. The fraction of sp³-hybridized carbons (Fsp3) is 0.550. The van der Waals surface area contributed by atoms with Gasteiger partial charge in [-0.1, -0.05) is 74.6 Å². The zero-order valence-corrected chi connectivity index (χ0v) is 13.4. The molecule has 0 heterocycles. The summed E-state index contributed by atoms with van der Waals surface area (Å²) in [5, 5.41) is 8.28. The second kappa shape index (κ2) is 16.8. The number of aliphatic carboxylic acids is 1. The summed E-state index contributed by atoms with van der Waals surface area (Å²) in [4.78, 5) is 10.1. The molecule has 0 aromatic rings. The Morgan fingerprint density at radius 1 is 0.727 bits per heavy atom. The summed E-state index contributed by atoms with van der Waals surface area (Å²) in [7, 11) is 0. The maximum atomic E-state index is 10.1. The van der Waals surface area contributed by atoms with Gasteiger partial charge in [0.2, 0.25) is 0 Å². The van der Waals surface area contributed by atoms with Crippen LogP contribution in [0.4, 0.5) is 0 Å². The van der Waals surface area contributed by atoms with Crippen LogP contribution in [-0.2, 0) is 4.79 Å². The van der Waals surface area contributed by atoms with Crippen LogP contribution in [-0.4, -0.2) is 11.1 Å². The maximum Gasteiger partial charge on any atom is 0.381 e. The molecule has 0 radical (unpaired) electrons. The molecule has 2 heteroatoms. The second-order valence-electron chi connectivity index (χ2n) is 4.72. The summed E-state index contributed by atoms with van der Waals surface area (Å²) in [6, 6.07) is 0. The molecule has 0 aliphatic heterocycles. The van der Waals surface area contributed by atoms with E-state index in [4.69, 9.17) is 5.11 Å². The van der Waals surface area contributed by atoms with Crippen LogP contribution in [0.1, 0.15) is 71.1 Å². The van der Waals surface area contributed by atoms with Gasteiger partial charge >= 0.3 is 5.97 Å². The zero-order valence-electron chi connectivity index (χ0n) is 13.4. The summed E-state index contributed by atoms with van der Waals surface area (Å²) >= 11 is 0. The van der Waals surface area contributed by atoms with Crippen molar-refractivity contribution < 1.29 is 9.90 Å². The third-order valence-electron chi connectivity index (χ3n) is 2.76. The fourth-order valence-corrected chi connectivity index (χ4v) is 1.65. The minimum absolute atomic E-state index is 0.270. The molecule has 0 atom stereocenters. The highest BCUT2D eigenvalue weighted by Crippen LogP contribution is 2.06. The van der Waals surface area contributed by atoms with Gasteiger partial charge in [0, 0.05) is 12.3 Å². The molecule has 0 fully saturated rings. The first-order valence-electron chi connectivity index (χ1n) is 7.86. The van der Waals surface area contributed by atoms with E-state index < -0.39 is 5.97 Å². The van der Waals surface area contributed by atoms with Gasteiger partial charge in [-0.2, -0.15) is 0 Å². The van der Waals surface area contributed by atoms with Crippen molar-refractivity contribution in [3.63, 3.8) is 0 Å². The van der Waals surface area contributed by atoms with Crippen LogP contribution in [0.25, 0.3) is 0 Å². The average Bonchev–Trinajstić information content (AvgIpc) is 2.50. The Labute approximate surface area is 135 Å². The van der Waals surface area contributed by atoms with Crippen molar-refractivity contribution in [3.8, 4) is 47.4 Å². The lowest BCUT2D eigenvalue weighted by molar-refractivity contribution is -0.130. The fourth-order valence-electron chi connectivity index (χ4n) is 1.65. The summed E-state index contributed by atoms with van der Waals surface area (Å²) in [6.07, 6.45) is 10.1. The number of carboxylic acids is 1. The summed E-state index contributed by atoms with van der Waals surface area (Å²) in [6.45, 7) is 2.23. The van der Waals surface area contributed by atoms with Gasteiger partial charge in [-0.05, 0) is 6.42 Å². The Morgan fingerprint density at radius 2 is 1.23 bits per heavy atom. The maximum absolute atomic E-state index is 10.1. The molecular weight excluding hydrogens is 272 g/mol. The molecule has 0 saturated carbocycles. The number of carboxylic acid groups (broad SMARTS) is 1. The van der Waals surface area contributed by atoms with Crippen LogP contribution >= 0.6 is 0 Å². The van der Waals surface area contributed by atoms with E-state index in [0.717, 1.165) is 6.42 Å². The molecule has 0 aromatic heterocycles. The molecule has 0 aromatic carbocycles. The van der Waals surface area contributed by atoms with Gasteiger partial charge in [0.15, 0.2) is 0 Å². The van der Waals surface area contributed by atoms with E-state index in [0.29, 0.717) is 12.8 Å². The third-order valence-corrected chi connectivity index (χ3v) is 2.76. The Bertz CT molecular complexity index is 541. The van der Waals surface area contributed by atoms with Crippen LogP contribution in [0.5, 0.6) is 0 Å². The van der Waals surface area contributed by atoms with Crippen molar-refractivity contribution >= 4 is 5.97 Å². The molecule has 0 aliphatic rings. The summed E-state index contributed by atoms with van der Waals surface area (Å²) in [5.41, 5.74) is 0. The molecule has 0 rings (SSSR count). The van der Waals surface area contributed by atoms with Gasteiger partial charge < -0.3 is 5.11 Å².